The number of benzene rings is 2. The third kappa shape index (κ3) is 4.39. The second-order valence-electron chi connectivity index (χ2n) is 8.90. The largest absolute Gasteiger partial charge is 0.293 e. The Morgan fingerprint density at radius 1 is 1.19 bits per heavy atom. The van der Waals surface area contributed by atoms with Gasteiger partial charge in [-0.05, 0) is 31.0 Å². The summed E-state index contributed by atoms with van der Waals surface area (Å²) in [5, 5.41) is 0.551. The number of carbonyl (C=O) groups is 1. The molecule has 0 bridgehead atoms. The number of nitrogens with zero attached hydrogens (tertiary/aromatic N) is 2. The third-order valence-corrected chi connectivity index (χ3v) is 7.15. The summed E-state index contributed by atoms with van der Waals surface area (Å²) in [7, 11) is 0. The quantitative estimate of drug-likeness (QED) is 0.176. The molecular weight excluding hydrogens is 484 g/mol. The first-order valence-electron chi connectivity index (χ1n) is 10.5. The van der Waals surface area contributed by atoms with Gasteiger partial charge in [0, 0.05) is 33.1 Å². The summed E-state index contributed by atoms with van der Waals surface area (Å²) in [6.07, 6.45) is 0.786. The zero-order valence-electron chi connectivity index (χ0n) is 18.4. The van der Waals surface area contributed by atoms with Crippen molar-refractivity contribution >= 4 is 33.5 Å². The first kappa shape index (κ1) is 22.7. The monoisotopic (exact) mass is 508 g/mol. The number of aromatic nitrogens is 2. The Hall–Kier alpha value is -2.44. The fourth-order valence-corrected chi connectivity index (χ4v) is 5.33. The molecule has 0 radical (unpaired) electrons. The van der Waals surface area contributed by atoms with Gasteiger partial charge in [-0.25, -0.2) is 4.98 Å². The molecule has 0 aliphatic heterocycles. The second-order valence-corrected chi connectivity index (χ2v) is 10.8. The summed E-state index contributed by atoms with van der Waals surface area (Å²) >= 11 is 4.70. The Kier molecular flexibility index (Phi) is 6.28. The molecule has 0 saturated heterocycles. The normalized spacial score (nSPS) is 13.9. The summed E-state index contributed by atoms with van der Waals surface area (Å²) in [5.74, 6) is 0.200. The predicted molar refractivity (Wildman–Crippen MR) is 135 cm³/mol. The Morgan fingerprint density at radius 3 is 2.56 bits per heavy atom. The highest BCUT2D eigenvalue weighted by Gasteiger charge is 2.36. The Morgan fingerprint density at radius 2 is 1.88 bits per heavy atom. The number of hydrogen-bond acceptors (Lipinski definition) is 4. The number of Topliss-reactive ketones (excluding diaryl/α,β-unsaturated/α-hetero) is 1. The molecule has 0 amide bonds. The highest BCUT2D eigenvalue weighted by Crippen LogP contribution is 2.41. The number of hydrogen-bond donors (Lipinski definition) is 0. The molecule has 4 nitrogen and oxygen atoms in total. The number of halogens is 1. The van der Waals surface area contributed by atoms with Crippen molar-refractivity contribution in [1.82, 2.24) is 9.55 Å². The van der Waals surface area contributed by atoms with E-state index >= 15 is 0 Å². The zero-order valence-corrected chi connectivity index (χ0v) is 20.8. The third-order valence-electron chi connectivity index (χ3n) is 5.64. The van der Waals surface area contributed by atoms with E-state index in [1.54, 1.807) is 16.7 Å². The molecule has 1 heterocycles. The minimum atomic E-state index is -0.332. The molecule has 0 saturated carbocycles. The average molecular weight is 509 g/mol. The van der Waals surface area contributed by atoms with Crippen molar-refractivity contribution in [3.8, 4) is 11.3 Å². The first-order valence-corrected chi connectivity index (χ1v) is 12.2. The number of fused-ring (bicyclic) bond motifs is 3. The van der Waals surface area contributed by atoms with E-state index in [4.69, 9.17) is 4.98 Å². The highest BCUT2D eigenvalue weighted by atomic mass is 79.9. The molecule has 0 unspecified atom stereocenters. The van der Waals surface area contributed by atoms with Crippen LogP contribution in [0.1, 0.15) is 42.3 Å². The van der Waals surface area contributed by atoms with Crippen molar-refractivity contribution in [1.29, 1.82) is 0 Å². The van der Waals surface area contributed by atoms with Crippen LogP contribution in [0.3, 0.4) is 0 Å². The number of rotatable bonds is 6. The molecule has 164 valence electrons. The van der Waals surface area contributed by atoms with Crippen molar-refractivity contribution in [2.75, 3.05) is 5.75 Å². The van der Waals surface area contributed by atoms with Gasteiger partial charge in [0.15, 0.2) is 10.9 Å². The lowest BCUT2D eigenvalue weighted by Crippen LogP contribution is -2.38. The minimum absolute atomic E-state index is 0.00271. The van der Waals surface area contributed by atoms with Crippen molar-refractivity contribution in [3.05, 3.63) is 92.2 Å². The number of thioether (sulfide) groups is 1. The average Bonchev–Trinajstić information content (AvgIpc) is 2.73. The SMILES string of the molecule is C=C(C)Cn1c(SCC(=O)c2ccc(Br)cc2)nc2c(c1=O)C(C)(C)Cc1ccccc1-2. The molecule has 3 aromatic rings. The van der Waals surface area contributed by atoms with Crippen LogP contribution in [-0.2, 0) is 18.4 Å². The fraction of sp³-hybridized carbons (Fsp3) is 0.269. The van der Waals surface area contributed by atoms with Gasteiger partial charge in [0.05, 0.1) is 11.4 Å². The standard InChI is InChI=1S/C26H25BrN2O2S/c1-16(2)14-29-24(31)22-23(20-8-6-5-7-18(20)13-26(22,3)4)28-25(29)32-15-21(30)17-9-11-19(27)12-10-17/h5-12H,1,13-15H2,2-4H3. The van der Waals surface area contributed by atoms with Crippen LogP contribution in [0.2, 0.25) is 0 Å². The van der Waals surface area contributed by atoms with Gasteiger partial charge < -0.3 is 0 Å². The van der Waals surface area contributed by atoms with E-state index in [1.165, 1.54) is 17.3 Å². The summed E-state index contributed by atoms with van der Waals surface area (Å²) in [6, 6.07) is 15.4. The van der Waals surface area contributed by atoms with Gasteiger partial charge in [0.25, 0.3) is 5.56 Å². The molecule has 2 aromatic carbocycles. The van der Waals surface area contributed by atoms with Crippen LogP contribution in [0.15, 0.2) is 75.1 Å². The van der Waals surface area contributed by atoms with Crippen LogP contribution in [-0.4, -0.2) is 21.1 Å². The number of allylic oxidation sites excluding steroid dienone is 1. The van der Waals surface area contributed by atoms with Gasteiger partial charge in [0.2, 0.25) is 0 Å². The van der Waals surface area contributed by atoms with E-state index in [2.05, 4.69) is 42.4 Å². The molecule has 1 aliphatic rings. The lowest BCUT2D eigenvalue weighted by Gasteiger charge is -2.33. The van der Waals surface area contributed by atoms with Crippen molar-refractivity contribution in [2.45, 2.75) is 44.3 Å². The molecule has 0 N–H and O–H groups in total. The number of carbonyl (C=O) groups excluding carboxylic acids is 1. The van der Waals surface area contributed by atoms with Gasteiger partial charge in [0.1, 0.15) is 0 Å². The smallest absolute Gasteiger partial charge is 0.258 e. The second kappa shape index (κ2) is 8.83. The van der Waals surface area contributed by atoms with E-state index in [0.29, 0.717) is 17.3 Å². The van der Waals surface area contributed by atoms with Crippen LogP contribution in [0, 0.1) is 0 Å². The van der Waals surface area contributed by atoms with E-state index in [9.17, 15) is 9.59 Å². The van der Waals surface area contributed by atoms with Gasteiger partial charge in [-0.3, -0.25) is 14.2 Å². The molecule has 0 spiro atoms. The Balaban J connectivity index is 1.79. The van der Waals surface area contributed by atoms with Crippen molar-refractivity contribution in [3.63, 3.8) is 0 Å². The van der Waals surface area contributed by atoms with E-state index in [-0.39, 0.29) is 22.5 Å². The molecular formula is C26H25BrN2O2S. The molecule has 32 heavy (non-hydrogen) atoms. The fourth-order valence-electron chi connectivity index (χ4n) is 4.18. The van der Waals surface area contributed by atoms with E-state index < -0.39 is 0 Å². The van der Waals surface area contributed by atoms with Crippen LogP contribution in [0.25, 0.3) is 11.3 Å². The van der Waals surface area contributed by atoms with E-state index in [1.807, 2.05) is 37.3 Å². The van der Waals surface area contributed by atoms with Gasteiger partial charge in [-0.15, -0.1) is 0 Å². The van der Waals surface area contributed by atoms with Crippen molar-refractivity contribution in [2.24, 2.45) is 0 Å². The maximum Gasteiger partial charge on any atom is 0.258 e. The highest BCUT2D eigenvalue weighted by molar-refractivity contribution is 9.10. The van der Waals surface area contributed by atoms with Crippen LogP contribution in [0.5, 0.6) is 0 Å². The maximum atomic E-state index is 13.7. The van der Waals surface area contributed by atoms with Gasteiger partial charge in [-0.2, -0.15) is 0 Å². The van der Waals surface area contributed by atoms with E-state index in [0.717, 1.165) is 33.3 Å². The van der Waals surface area contributed by atoms with Gasteiger partial charge >= 0.3 is 0 Å². The summed E-state index contributed by atoms with van der Waals surface area (Å²) in [5.41, 5.74) is 4.79. The van der Waals surface area contributed by atoms with Crippen molar-refractivity contribution < 1.29 is 4.79 Å². The lowest BCUT2D eigenvalue weighted by atomic mass is 9.72. The maximum absolute atomic E-state index is 13.7. The Bertz CT molecular complexity index is 1280. The van der Waals surface area contributed by atoms with Crippen LogP contribution >= 0.6 is 27.7 Å². The summed E-state index contributed by atoms with van der Waals surface area (Å²) < 4.78 is 2.60. The zero-order chi connectivity index (χ0) is 23.0. The minimum Gasteiger partial charge on any atom is -0.293 e. The summed E-state index contributed by atoms with van der Waals surface area (Å²) in [4.78, 5) is 31.5. The lowest BCUT2D eigenvalue weighted by molar-refractivity contribution is 0.102. The van der Waals surface area contributed by atoms with Crippen LogP contribution in [0.4, 0.5) is 0 Å². The first-order chi connectivity index (χ1) is 15.2. The summed E-state index contributed by atoms with van der Waals surface area (Å²) in [6.45, 7) is 10.5. The topological polar surface area (TPSA) is 52.0 Å². The molecule has 0 atom stereocenters. The molecule has 6 heteroatoms. The molecule has 1 aromatic heterocycles. The molecule has 0 fully saturated rings. The van der Waals surface area contributed by atoms with Gasteiger partial charge in [-0.1, -0.05) is 90.1 Å². The predicted octanol–water partition coefficient (Wildman–Crippen LogP) is 6.06. The molecule has 4 rings (SSSR count). The Labute approximate surface area is 200 Å². The molecule has 1 aliphatic carbocycles. The van der Waals surface area contributed by atoms with Crippen LogP contribution < -0.4 is 5.56 Å². The number of ketones is 1.